The molecule has 1 fully saturated rings. The maximum Gasteiger partial charge on any atom is 0.401 e. The van der Waals surface area contributed by atoms with Gasteiger partial charge in [0.25, 0.3) is 11.8 Å². The van der Waals surface area contributed by atoms with Crippen molar-refractivity contribution in [3.8, 4) is 0 Å². The molecule has 2 aliphatic heterocycles. The van der Waals surface area contributed by atoms with Crippen LogP contribution in [-0.2, 0) is 9.59 Å². The molecule has 0 saturated carbocycles. The van der Waals surface area contributed by atoms with Gasteiger partial charge in [-0.15, -0.1) is 11.3 Å². The molecule has 0 spiro atoms. The number of benzene rings is 1. The molecular weight excluding hydrogens is 477 g/mol. The van der Waals surface area contributed by atoms with Crippen molar-refractivity contribution in [3.05, 3.63) is 59.2 Å². The molecule has 6 nitrogen and oxygen atoms in total. The first-order valence-electron chi connectivity index (χ1n) is 11.3. The number of rotatable bonds is 4. The maximum absolute atomic E-state index is 13.1. The minimum absolute atomic E-state index is 0.00168. The van der Waals surface area contributed by atoms with Gasteiger partial charge in [-0.2, -0.15) is 13.2 Å². The zero-order chi connectivity index (χ0) is 24.3. The molecule has 0 unspecified atom stereocenters. The van der Waals surface area contributed by atoms with E-state index in [2.05, 4.69) is 14.9 Å². The second-order valence-electron chi connectivity index (χ2n) is 8.99. The van der Waals surface area contributed by atoms with E-state index in [4.69, 9.17) is 0 Å². The molecule has 5 heterocycles. The molecule has 2 amide bonds. The Bertz CT molecular complexity index is 1500. The molecule has 4 aromatic rings. The first kappa shape index (κ1) is 22.1. The summed E-state index contributed by atoms with van der Waals surface area (Å²) in [7, 11) is 0. The SMILES string of the molecule is O=C1NC(=O)C(c2cn(C3CCN(CC(F)(F)F)CC3)c3ccccc23)=C1c1c[nH]c2sccc12. The topological polar surface area (TPSA) is 70.1 Å². The van der Waals surface area contributed by atoms with Crippen molar-refractivity contribution in [2.75, 3.05) is 19.6 Å². The van der Waals surface area contributed by atoms with E-state index in [0.717, 1.165) is 21.1 Å². The van der Waals surface area contributed by atoms with Gasteiger partial charge in [0.15, 0.2) is 0 Å². The lowest BCUT2D eigenvalue weighted by Gasteiger charge is -2.33. The molecule has 10 heteroatoms. The van der Waals surface area contributed by atoms with E-state index in [-0.39, 0.29) is 6.04 Å². The van der Waals surface area contributed by atoms with Crippen molar-refractivity contribution in [2.45, 2.75) is 25.1 Å². The largest absolute Gasteiger partial charge is 0.401 e. The molecule has 0 atom stereocenters. The van der Waals surface area contributed by atoms with Gasteiger partial charge in [-0.3, -0.25) is 19.8 Å². The number of hydrogen-bond donors (Lipinski definition) is 2. The number of imide groups is 1. The molecule has 1 saturated heterocycles. The van der Waals surface area contributed by atoms with Crippen LogP contribution in [0.1, 0.15) is 30.0 Å². The van der Waals surface area contributed by atoms with Crippen molar-refractivity contribution >= 4 is 55.4 Å². The van der Waals surface area contributed by atoms with Crippen LogP contribution < -0.4 is 5.32 Å². The molecule has 35 heavy (non-hydrogen) atoms. The van der Waals surface area contributed by atoms with Gasteiger partial charge in [-0.05, 0) is 30.4 Å². The number of aromatic amines is 1. The van der Waals surface area contributed by atoms with Crippen LogP contribution in [0.15, 0.2) is 48.1 Å². The van der Waals surface area contributed by atoms with Crippen molar-refractivity contribution in [1.82, 2.24) is 19.8 Å². The number of halogens is 3. The summed E-state index contributed by atoms with van der Waals surface area (Å²) in [5.41, 5.74) is 2.89. The maximum atomic E-state index is 13.1. The number of nitrogens with one attached hydrogen (secondary N) is 2. The average Bonchev–Trinajstić information content (AvgIpc) is 3.56. The summed E-state index contributed by atoms with van der Waals surface area (Å²) in [5.74, 6) is -0.883. The van der Waals surface area contributed by atoms with Crippen LogP contribution >= 0.6 is 11.3 Å². The van der Waals surface area contributed by atoms with Gasteiger partial charge in [-0.25, -0.2) is 0 Å². The van der Waals surface area contributed by atoms with Crippen molar-refractivity contribution in [2.24, 2.45) is 0 Å². The van der Waals surface area contributed by atoms with Crippen LogP contribution in [0, 0.1) is 0 Å². The number of carbonyl (C=O) groups excluding carboxylic acids is 2. The number of thiophene rings is 1. The number of hydrogen-bond acceptors (Lipinski definition) is 4. The molecule has 2 aliphatic rings. The van der Waals surface area contributed by atoms with Gasteiger partial charge in [0.2, 0.25) is 0 Å². The van der Waals surface area contributed by atoms with Gasteiger partial charge >= 0.3 is 6.18 Å². The summed E-state index contributed by atoms with van der Waals surface area (Å²) < 4.78 is 40.5. The van der Waals surface area contributed by atoms with Gasteiger partial charge in [-0.1, -0.05) is 18.2 Å². The molecule has 6 rings (SSSR count). The lowest BCUT2D eigenvalue weighted by Crippen LogP contribution is -2.40. The van der Waals surface area contributed by atoms with E-state index in [1.54, 1.807) is 6.20 Å². The summed E-state index contributed by atoms with van der Waals surface area (Å²) in [4.78, 5) is 31.5. The number of carbonyl (C=O) groups is 2. The minimum atomic E-state index is -4.21. The average molecular weight is 499 g/mol. The van der Waals surface area contributed by atoms with E-state index in [1.165, 1.54) is 16.2 Å². The third-order valence-corrected chi connectivity index (χ3v) is 7.71. The normalized spacial score (nSPS) is 18.4. The van der Waals surface area contributed by atoms with E-state index < -0.39 is 24.5 Å². The number of likely N-dealkylation sites (tertiary alicyclic amines) is 1. The highest BCUT2D eigenvalue weighted by Gasteiger charge is 2.36. The highest BCUT2D eigenvalue weighted by atomic mass is 32.1. The van der Waals surface area contributed by atoms with Crippen LogP contribution in [-0.4, -0.2) is 52.1 Å². The molecule has 1 aromatic carbocycles. The van der Waals surface area contributed by atoms with Gasteiger partial charge in [0, 0.05) is 58.9 Å². The van der Waals surface area contributed by atoms with Crippen LogP contribution in [0.5, 0.6) is 0 Å². The lowest BCUT2D eigenvalue weighted by molar-refractivity contribution is -0.148. The van der Waals surface area contributed by atoms with Crippen LogP contribution in [0.25, 0.3) is 32.3 Å². The van der Waals surface area contributed by atoms with Crippen molar-refractivity contribution < 1.29 is 22.8 Å². The van der Waals surface area contributed by atoms with Crippen LogP contribution in [0.2, 0.25) is 0 Å². The fourth-order valence-corrected chi connectivity index (χ4v) is 6.11. The predicted molar refractivity (Wildman–Crippen MR) is 129 cm³/mol. The molecular formula is C25H21F3N4O2S. The van der Waals surface area contributed by atoms with E-state index >= 15 is 0 Å². The molecule has 180 valence electrons. The Morgan fingerprint density at radius 3 is 2.43 bits per heavy atom. The quantitative estimate of drug-likeness (QED) is 0.391. The zero-order valence-corrected chi connectivity index (χ0v) is 19.3. The Labute approximate surface area is 202 Å². The first-order valence-corrected chi connectivity index (χ1v) is 12.2. The summed E-state index contributed by atoms with van der Waals surface area (Å²) in [5, 5.41) is 6.10. The van der Waals surface area contributed by atoms with Crippen molar-refractivity contribution in [3.63, 3.8) is 0 Å². The highest BCUT2D eigenvalue weighted by molar-refractivity contribution is 7.16. The number of amides is 2. The van der Waals surface area contributed by atoms with Crippen LogP contribution in [0.3, 0.4) is 0 Å². The second kappa shape index (κ2) is 8.10. The number of piperidine rings is 1. The number of fused-ring (bicyclic) bond motifs is 2. The molecule has 2 N–H and O–H groups in total. The zero-order valence-electron chi connectivity index (χ0n) is 18.5. The molecule has 3 aromatic heterocycles. The minimum Gasteiger partial charge on any atom is -0.352 e. The van der Waals surface area contributed by atoms with E-state index in [0.29, 0.717) is 48.2 Å². The van der Waals surface area contributed by atoms with Crippen molar-refractivity contribution in [1.29, 1.82) is 0 Å². The van der Waals surface area contributed by atoms with Gasteiger partial charge in [0.05, 0.1) is 17.7 Å². The smallest absolute Gasteiger partial charge is 0.352 e. The van der Waals surface area contributed by atoms with Gasteiger partial charge < -0.3 is 9.55 Å². The summed E-state index contributed by atoms with van der Waals surface area (Å²) >= 11 is 1.52. The standard InChI is InChI=1S/C25H21F3N4O2S/c26-25(27,28)13-31-8-5-14(6-9-31)32-12-18(15-3-1-2-4-19(15)32)21-20(22(33)30-23(21)34)17-11-29-24-16(17)7-10-35-24/h1-4,7,10-12,14,29H,5-6,8-9,13H2,(H,30,33,34). The first-order chi connectivity index (χ1) is 16.8. The Kier molecular flexibility index (Phi) is 5.12. The lowest BCUT2D eigenvalue weighted by atomic mass is 9.96. The van der Waals surface area contributed by atoms with E-state index in [1.807, 2.05) is 41.9 Å². The predicted octanol–water partition coefficient (Wildman–Crippen LogP) is 4.95. The Morgan fingerprint density at radius 1 is 0.971 bits per heavy atom. The fraction of sp³-hybridized carbons (Fsp3) is 0.280. The number of para-hydroxylation sites is 1. The third-order valence-electron chi connectivity index (χ3n) is 6.87. The Balaban J connectivity index is 1.44. The number of nitrogens with zero attached hydrogens (tertiary/aromatic N) is 2. The number of alkyl halides is 3. The molecule has 0 aliphatic carbocycles. The molecule has 0 radical (unpaired) electrons. The Hall–Kier alpha value is -3.37. The fourth-order valence-electron chi connectivity index (χ4n) is 5.34. The van der Waals surface area contributed by atoms with Gasteiger partial charge in [0.1, 0.15) is 4.83 Å². The molecule has 0 bridgehead atoms. The highest BCUT2D eigenvalue weighted by Crippen LogP contribution is 2.40. The monoisotopic (exact) mass is 498 g/mol. The summed E-state index contributed by atoms with van der Waals surface area (Å²) in [6.45, 7) is -0.208. The van der Waals surface area contributed by atoms with Crippen LogP contribution in [0.4, 0.5) is 13.2 Å². The second-order valence-corrected chi connectivity index (χ2v) is 9.90. The summed E-state index contributed by atoms with van der Waals surface area (Å²) in [6.07, 6.45) is 0.568. The summed E-state index contributed by atoms with van der Waals surface area (Å²) in [6, 6.07) is 9.56. The number of aromatic nitrogens is 2. The Morgan fingerprint density at radius 2 is 1.69 bits per heavy atom. The number of H-pyrrole nitrogens is 1. The third kappa shape index (κ3) is 3.77. The van der Waals surface area contributed by atoms with E-state index in [9.17, 15) is 22.8 Å².